The Bertz CT molecular complexity index is 331. The van der Waals surface area contributed by atoms with Crippen LogP contribution in [0.2, 0.25) is 0 Å². The third kappa shape index (κ3) is 3.24. The zero-order valence-corrected chi connectivity index (χ0v) is 10.9. The molecular formula is C14H22O2. The lowest BCUT2D eigenvalue weighted by Crippen LogP contribution is -2.07. The molecule has 0 aliphatic heterocycles. The summed E-state index contributed by atoms with van der Waals surface area (Å²) in [5.41, 5.74) is 3.14. The lowest BCUT2D eigenvalue weighted by molar-refractivity contribution is 0.199. The van der Waals surface area contributed by atoms with E-state index in [0.29, 0.717) is 5.92 Å². The number of benzene rings is 1. The van der Waals surface area contributed by atoms with Crippen LogP contribution in [0.25, 0.3) is 0 Å². The van der Waals surface area contributed by atoms with Gasteiger partial charge in [0.25, 0.3) is 0 Å². The van der Waals surface area contributed by atoms with Crippen molar-refractivity contribution in [2.45, 2.75) is 40.7 Å². The minimum absolute atomic E-state index is 0.420. The smallest absolute Gasteiger partial charge is 0.125 e. The molecule has 0 aliphatic carbocycles. The van der Waals surface area contributed by atoms with Crippen LogP contribution in [0.5, 0.6) is 5.75 Å². The first-order valence-corrected chi connectivity index (χ1v) is 5.83. The zero-order chi connectivity index (χ0) is 12.3. The van der Waals surface area contributed by atoms with E-state index in [1.54, 1.807) is 6.92 Å². The second kappa shape index (κ2) is 5.35. The number of ether oxygens (including phenoxy) is 1. The van der Waals surface area contributed by atoms with E-state index in [4.69, 9.17) is 4.74 Å². The molecular weight excluding hydrogens is 200 g/mol. The quantitative estimate of drug-likeness (QED) is 0.846. The van der Waals surface area contributed by atoms with Gasteiger partial charge in [0.05, 0.1) is 12.7 Å². The van der Waals surface area contributed by atoms with Crippen LogP contribution in [0.15, 0.2) is 12.1 Å². The molecule has 0 aliphatic rings. The van der Waals surface area contributed by atoms with Gasteiger partial charge in [-0.2, -0.15) is 0 Å². The van der Waals surface area contributed by atoms with Crippen LogP contribution < -0.4 is 4.74 Å². The third-order valence-electron chi connectivity index (χ3n) is 2.53. The topological polar surface area (TPSA) is 29.5 Å². The van der Waals surface area contributed by atoms with Gasteiger partial charge < -0.3 is 9.84 Å². The maximum Gasteiger partial charge on any atom is 0.125 e. The molecule has 0 spiro atoms. The van der Waals surface area contributed by atoms with E-state index in [2.05, 4.69) is 13.8 Å². The fourth-order valence-corrected chi connectivity index (χ4v) is 1.70. The Labute approximate surface area is 98.3 Å². The van der Waals surface area contributed by atoms with E-state index in [0.717, 1.165) is 29.0 Å². The summed E-state index contributed by atoms with van der Waals surface area (Å²) >= 11 is 0. The zero-order valence-electron chi connectivity index (χ0n) is 10.9. The van der Waals surface area contributed by atoms with Crippen molar-refractivity contribution in [1.29, 1.82) is 0 Å². The van der Waals surface area contributed by atoms with Crippen LogP contribution in [0.4, 0.5) is 0 Å². The maximum absolute atomic E-state index is 9.54. The summed E-state index contributed by atoms with van der Waals surface area (Å²) in [5, 5.41) is 9.54. The van der Waals surface area contributed by atoms with Gasteiger partial charge in [0.2, 0.25) is 0 Å². The lowest BCUT2D eigenvalue weighted by atomic mass is 10.0. The van der Waals surface area contributed by atoms with E-state index < -0.39 is 6.10 Å². The number of hydrogen-bond donors (Lipinski definition) is 1. The van der Waals surface area contributed by atoms with Gasteiger partial charge in [0.1, 0.15) is 5.75 Å². The monoisotopic (exact) mass is 222 g/mol. The number of aliphatic hydroxyl groups excluding tert-OH is 1. The van der Waals surface area contributed by atoms with Gasteiger partial charge in [-0.05, 0) is 55.5 Å². The molecule has 2 nitrogen and oxygen atoms in total. The molecule has 0 heterocycles. The summed E-state index contributed by atoms with van der Waals surface area (Å²) < 4.78 is 5.78. The minimum atomic E-state index is -0.420. The van der Waals surface area contributed by atoms with Crippen molar-refractivity contribution in [2.24, 2.45) is 5.92 Å². The first kappa shape index (κ1) is 13.0. The van der Waals surface area contributed by atoms with Crippen molar-refractivity contribution in [3.63, 3.8) is 0 Å². The summed E-state index contributed by atoms with van der Waals surface area (Å²) in [5.74, 6) is 1.48. The summed E-state index contributed by atoms with van der Waals surface area (Å²) in [6.45, 7) is 10.8. The third-order valence-corrected chi connectivity index (χ3v) is 2.53. The van der Waals surface area contributed by atoms with E-state index in [9.17, 15) is 5.11 Å². The second-order valence-electron chi connectivity index (χ2n) is 4.86. The van der Waals surface area contributed by atoms with Gasteiger partial charge in [-0.25, -0.2) is 0 Å². The van der Waals surface area contributed by atoms with Crippen LogP contribution in [0.3, 0.4) is 0 Å². The summed E-state index contributed by atoms with van der Waals surface area (Å²) in [6.07, 6.45) is -0.420. The average Bonchev–Trinajstić information content (AvgIpc) is 2.15. The second-order valence-corrected chi connectivity index (χ2v) is 4.86. The van der Waals surface area contributed by atoms with Crippen LogP contribution in [-0.2, 0) is 0 Å². The van der Waals surface area contributed by atoms with E-state index in [1.807, 2.05) is 26.0 Å². The molecule has 0 radical (unpaired) electrons. The molecule has 1 aromatic carbocycles. The highest BCUT2D eigenvalue weighted by Gasteiger charge is 2.09. The molecule has 0 aromatic heterocycles. The number of rotatable bonds is 4. The van der Waals surface area contributed by atoms with E-state index in [1.165, 1.54) is 0 Å². The molecule has 2 heteroatoms. The molecule has 0 unspecified atom stereocenters. The van der Waals surface area contributed by atoms with Crippen molar-refractivity contribution in [3.8, 4) is 5.75 Å². The van der Waals surface area contributed by atoms with Crippen LogP contribution in [0.1, 0.15) is 43.6 Å². The fraction of sp³-hybridized carbons (Fsp3) is 0.571. The van der Waals surface area contributed by atoms with Crippen molar-refractivity contribution in [2.75, 3.05) is 6.61 Å². The fourth-order valence-electron chi connectivity index (χ4n) is 1.70. The minimum Gasteiger partial charge on any atom is -0.493 e. The normalized spacial score (nSPS) is 12.9. The van der Waals surface area contributed by atoms with Gasteiger partial charge in [0.15, 0.2) is 0 Å². The highest BCUT2D eigenvalue weighted by atomic mass is 16.5. The Morgan fingerprint density at radius 1 is 1.12 bits per heavy atom. The van der Waals surface area contributed by atoms with Gasteiger partial charge in [-0.15, -0.1) is 0 Å². The van der Waals surface area contributed by atoms with Gasteiger partial charge in [-0.3, -0.25) is 0 Å². The van der Waals surface area contributed by atoms with Crippen molar-refractivity contribution in [3.05, 3.63) is 28.8 Å². The molecule has 1 aromatic rings. The molecule has 0 fully saturated rings. The predicted octanol–water partition coefficient (Wildman–Crippen LogP) is 3.39. The number of hydrogen-bond acceptors (Lipinski definition) is 2. The first-order valence-electron chi connectivity index (χ1n) is 5.83. The molecule has 90 valence electrons. The van der Waals surface area contributed by atoms with Crippen LogP contribution in [-0.4, -0.2) is 11.7 Å². The molecule has 0 saturated carbocycles. The SMILES string of the molecule is Cc1cc([C@H](C)O)cc(C)c1OCC(C)C. The van der Waals surface area contributed by atoms with Crippen molar-refractivity contribution < 1.29 is 9.84 Å². The molecule has 0 saturated heterocycles. The Morgan fingerprint density at radius 3 is 2.00 bits per heavy atom. The molecule has 1 atom stereocenters. The highest BCUT2D eigenvalue weighted by molar-refractivity contribution is 5.43. The van der Waals surface area contributed by atoms with Crippen LogP contribution >= 0.6 is 0 Å². The Kier molecular flexibility index (Phi) is 4.36. The molecule has 1 rings (SSSR count). The van der Waals surface area contributed by atoms with Crippen molar-refractivity contribution in [1.82, 2.24) is 0 Å². The molecule has 0 bridgehead atoms. The molecule has 0 amide bonds. The number of aliphatic hydroxyl groups is 1. The number of aryl methyl sites for hydroxylation is 2. The molecule has 1 N–H and O–H groups in total. The lowest BCUT2D eigenvalue weighted by Gasteiger charge is -2.16. The standard InChI is InChI=1S/C14H22O2/c1-9(2)8-16-14-10(3)6-13(12(5)15)7-11(14)4/h6-7,9,12,15H,8H2,1-5H3/t12-/m0/s1. The summed E-state index contributed by atoms with van der Waals surface area (Å²) in [4.78, 5) is 0. The van der Waals surface area contributed by atoms with E-state index >= 15 is 0 Å². The van der Waals surface area contributed by atoms with Gasteiger partial charge >= 0.3 is 0 Å². The maximum atomic E-state index is 9.54. The van der Waals surface area contributed by atoms with Crippen molar-refractivity contribution >= 4 is 0 Å². The summed E-state index contributed by atoms with van der Waals surface area (Å²) in [7, 11) is 0. The Morgan fingerprint density at radius 2 is 1.62 bits per heavy atom. The average molecular weight is 222 g/mol. The van der Waals surface area contributed by atoms with Gasteiger partial charge in [0, 0.05) is 0 Å². The highest BCUT2D eigenvalue weighted by Crippen LogP contribution is 2.27. The largest absolute Gasteiger partial charge is 0.493 e. The predicted molar refractivity (Wildman–Crippen MR) is 66.9 cm³/mol. The summed E-state index contributed by atoms with van der Waals surface area (Å²) in [6, 6.07) is 3.99. The van der Waals surface area contributed by atoms with Crippen LogP contribution in [0, 0.1) is 19.8 Å². The van der Waals surface area contributed by atoms with E-state index in [-0.39, 0.29) is 0 Å². The molecule has 16 heavy (non-hydrogen) atoms. The Hall–Kier alpha value is -1.02. The Balaban J connectivity index is 2.94. The van der Waals surface area contributed by atoms with Gasteiger partial charge in [-0.1, -0.05) is 13.8 Å². The first-order chi connectivity index (χ1) is 7.41.